The number of benzene rings is 2. The van der Waals surface area contributed by atoms with Crippen LogP contribution in [0.15, 0.2) is 48.5 Å². The highest BCUT2D eigenvalue weighted by molar-refractivity contribution is 6.22. The van der Waals surface area contributed by atoms with E-state index in [2.05, 4.69) is 0 Å². The van der Waals surface area contributed by atoms with Crippen molar-refractivity contribution in [1.29, 1.82) is 0 Å². The summed E-state index contributed by atoms with van der Waals surface area (Å²) in [5.74, 6) is -2.11. The number of carbonyl (C=O) groups excluding carboxylic acids is 4. The van der Waals surface area contributed by atoms with Crippen LogP contribution in [0, 0.1) is 27.9 Å². The van der Waals surface area contributed by atoms with E-state index in [0.717, 1.165) is 25.7 Å². The van der Waals surface area contributed by atoms with Crippen LogP contribution in [0.2, 0.25) is 0 Å². The summed E-state index contributed by atoms with van der Waals surface area (Å²) in [6, 6.07) is 11.8. The Morgan fingerprint density at radius 3 is 2.03 bits per heavy atom. The van der Waals surface area contributed by atoms with Crippen molar-refractivity contribution in [1.82, 2.24) is 0 Å². The molecular weight excluding hydrogens is 454 g/mol. The van der Waals surface area contributed by atoms with Crippen LogP contribution in [0.1, 0.15) is 32.1 Å². The zero-order valence-electron chi connectivity index (χ0n) is 18.8. The summed E-state index contributed by atoms with van der Waals surface area (Å²) in [6.45, 7) is 0.104. The predicted molar refractivity (Wildman–Crippen MR) is 124 cm³/mol. The Labute approximate surface area is 200 Å². The second kappa shape index (κ2) is 8.94. The van der Waals surface area contributed by atoms with Crippen LogP contribution in [0.4, 0.5) is 17.1 Å². The van der Waals surface area contributed by atoms with Crippen LogP contribution >= 0.6 is 0 Å². The molecule has 2 saturated heterocycles. The number of anilines is 2. The van der Waals surface area contributed by atoms with Gasteiger partial charge in [-0.1, -0.05) is 12.8 Å². The molecule has 0 N–H and O–H groups in total. The number of nitrogens with zero attached hydrogens (tertiary/aromatic N) is 3. The van der Waals surface area contributed by atoms with Crippen LogP contribution in [0.3, 0.4) is 0 Å². The summed E-state index contributed by atoms with van der Waals surface area (Å²) in [4.78, 5) is 63.6. The van der Waals surface area contributed by atoms with Gasteiger partial charge in [0.2, 0.25) is 17.7 Å². The largest absolute Gasteiger partial charge is 0.426 e. The van der Waals surface area contributed by atoms with E-state index < -0.39 is 16.8 Å². The molecule has 1 saturated carbocycles. The number of imide groups is 1. The molecule has 180 valence electrons. The maximum absolute atomic E-state index is 12.8. The maximum atomic E-state index is 12.8. The number of rotatable bonds is 5. The Hall–Kier alpha value is -4.08. The Kier molecular flexibility index (Phi) is 5.80. The van der Waals surface area contributed by atoms with Gasteiger partial charge in [-0.05, 0) is 49.2 Å². The number of fused-ring (bicyclic) bond motifs is 1. The monoisotopic (exact) mass is 477 g/mol. The Balaban J connectivity index is 1.23. The second-order valence-corrected chi connectivity index (χ2v) is 9.10. The predicted octanol–water partition coefficient (Wildman–Crippen LogP) is 3.23. The lowest BCUT2D eigenvalue weighted by atomic mass is 9.81. The molecule has 0 aromatic heterocycles. The molecule has 3 fully saturated rings. The normalized spacial score (nSPS) is 24.0. The fourth-order valence-electron chi connectivity index (χ4n) is 5.15. The SMILES string of the molecule is O=C(Oc1ccc(N2C(=O)[C@H]3CCCC[C@H]3C2=O)cc1)[C@H]1CC(=O)N(c2ccc([N+](=O)[O-])cc2)C1. The van der Waals surface area contributed by atoms with Crippen LogP contribution in [0.25, 0.3) is 0 Å². The molecule has 1 aliphatic carbocycles. The molecule has 0 radical (unpaired) electrons. The lowest BCUT2D eigenvalue weighted by Gasteiger charge is -2.19. The number of hydrogen-bond donors (Lipinski definition) is 0. The molecule has 0 unspecified atom stereocenters. The number of nitro benzene ring substituents is 1. The van der Waals surface area contributed by atoms with Crippen molar-refractivity contribution in [2.75, 3.05) is 16.3 Å². The van der Waals surface area contributed by atoms with E-state index in [-0.39, 0.29) is 54.0 Å². The van der Waals surface area contributed by atoms with E-state index in [0.29, 0.717) is 11.4 Å². The Morgan fingerprint density at radius 1 is 0.886 bits per heavy atom. The fourth-order valence-corrected chi connectivity index (χ4v) is 5.15. The van der Waals surface area contributed by atoms with Gasteiger partial charge >= 0.3 is 5.97 Å². The molecule has 5 rings (SSSR count). The summed E-state index contributed by atoms with van der Waals surface area (Å²) in [6.07, 6.45) is 3.34. The third-order valence-corrected chi connectivity index (χ3v) is 6.99. The van der Waals surface area contributed by atoms with E-state index in [4.69, 9.17) is 4.74 Å². The first kappa shape index (κ1) is 22.7. The fraction of sp³-hybridized carbons (Fsp3) is 0.360. The van der Waals surface area contributed by atoms with E-state index in [9.17, 15) is 29.3 Å². The zero-order valence-corrected chi connectivity index (χ0v) is 18.8. The number of hydrogen-bond acceptors (Lipinski definition) is 7. The Bertz CT molecular complexity index is 1180. The van der Waals surface area contributed by atoms with Gasteiger partial charge in [0.15, 0.2) is 0 Å². The molecule has 35 heavy (non-hydrogen) atoms. The maximum Gasteiger partial charge on any atom is 0.316 e. The highest BCUT2D eigenvalue weighted by atomic mass is 16.6. The third-order valence-electron chi connectivity index (χ3n) is 6.99. The number of amides is 3. The van der Waals surface area contributed by atoms with Gasteiger partial charge < -0.3 is 9.64 Å². The van der Waals surface area contributed by atoms with E-state index >= 15 is 0 Å². The van der Waals surface area contributed by atoms with Crippen molar-refractivity contribution in [3.63, 3.8) is 0 Å². The molecule has 0 bridgehead atoms. The van der Waals surface area contributed by atoms with E-state index in [1.807, 2.05) is 0 Å². The van der Waals surface area contributed by atoms with Gasteiger partial charge in [-0.2, -0.15) is 0 Å². The molecule has 2 aromatic rings. The van der Waals surface area contributed by atoms with Gasteiger partial charge in [-0.3, -0.25) is 34.2 Å². The average Bonchev–Trinajstić information content (AvgIpc) is 3.37. The van der Waals surface area contributed by atoms with Gasteiger partial charge in [0.05, 0.1) is 28.4 Å². The molecule has 0 spiro atoms. The number of nitro groups is 1. The van der Waals surface area contributed by atoms with Crippen molar-refractivity contribution in [3.8, 4) is 5.75 Å². The molecule has 10 heteroatoms. The standard InChI is InChI=1S/C25H23N3O7/c29-22-13-15(14-26(22)16-5-7-18(8-6-16)28(33)34)25(32)35-19-11-9-17(10-12-19)27-23(30)20-3-1-2-4-21(20)24(27)31/h5-12,15,20-21H,1-4,13-14H2/t15-,20-,21+/m0/s1. The lowest BCUT2D eigenvalue weighted by molar-refractivity contribution is -0.384. The molecule has 3 aliphatic rings. The number of carbonyl (C=O) groups is 4. The van der Waals surface area contributed by atoms with Crippen LogP contribution in [-0.4, -0.2) is 35.2 Å². The minimum Gasteiger partial charge on any atom is -0.426 e. The summed E-state index contributed by atoms with van der Waals surface area (Å²) in [5, 5.41) is 10.8. The van der Waals surface area contributed by atoms with E-state index in [1.165, 1.54) is 46.2 Å². The van der Waals surface area contributed by atoms with Crippen molar-refractivity contribution in [2.24, 2.45) is 17.8 Å². The van der Waals surface area contributed by atoms with Gasteiger partial charge in [0, 0.05) is 30.8 Å². The van der Waals surface area contributed by atoms with E-state index in [1.54, 1.807) is 12.1 Å². The lowest BCUT2D eigenvalue weighted by Crippen LogP contribution is -2.30. The topological polar surface area (TPSA) is 127 Å². The van der Waals surface area contributed by atoms with Gasteiger partial charge in [0.1, 0.15) is 5.75 Å². The average molecular weight is 477 g/mol. The minimum absolute atomic E-state index is 0.0343. The molecule has 10 nitrogen and oxygen atoms in total. The molecule has 2 aliphatic heterocycles. The van der Waals surface area contributed by atoms with Gasteiger partial charge in [-0.25, -0.2) is 0 Å². The van der Waals surface area contributed by atoms with Gasteiger partial charge in [-0.15, -0.1) is 0 Å². The zero-order chi connectivity index (χ0) is 24.7. The summed E-state index contributed by atoms with van der Waals surface area (Å²) < 4.78 is 5.45. The van der Waals surface area contributed by atoms with Crippen LogP contribution in [-0.2, 0) is 19.2 Å². The minimum atomic E-state index is -0.692. The Morgan fingerprint density at radius 2 is 1.46 bits per heavy atom. The smallest absolute Gasteiger partial charge is 0.316 e. The van der Waals surface area contributed by atoms with Crippen molar-refractivity contribution >= 4 is 40.8 Å². The second-order valence-electron chi connectivity index (χ2n) is 9.10. The number of esters is 1. The summed E-state index contributed by atoms with van der Waals surface area (Å²) >= 11 is 0. The van der Waals surface area contributed by atoms with Crippen LogP contribution < -0.4 is 14.5 Å². The summed E-state index contributed by atoms with van der Waals surface area (Å²) in [5.41, 5.74) is 0.839. The molecular formula is C25H23N3O7. The van der Waals surface area contributed by atoms with Crippen molar-refractivity contribution in [2.45, 2.75) is 32.1 Å². The molecule has 2 aromatic carbocycles. The molecule has 3 amide bonds. The number of non-ortho nitro benzene ring substituents is 1. The highest BCUT2D eigenvalue weighted by Crippen LogP contribution is 2.40. The summed E-state index contributed by atoms with van der Waals surface area (Å²) in [7, 11) is 0. The quantitative estimate of drug-likeness (QED) is 0.213. The van der Waals surface area contributed by atoms with Crippen LogP contribution in [0.5, 0.6) is 5.75 Å². The molecule has 3 atom stereocenters. The first-order chi connectivity index (χ1) is 16.8. The van der Waals surface area contributed by atoms with Gasteiger partial charge in [0.25, 0.3) is 5.69 Å². The van der Waals surface area contributed by atoms with Crippen molar-refractivity contribution in [3.05, 3.63) is 58.6 Å². The molecule has 2 heterocycles. The van der Waals surface area contributed by atoms with Crippen molar-refractivity contribution < 1.29 is 28.8 Å². The first-order valence-corrected chi connectivity index (χ1v) is 11.6. The third kappa shape index (κ3) is 4.16. The number of ether oxygens (including phenoxy) is 1. The first-order valence-electron chi connectivity index (χ1n) is 11.6. The highest BCUT2D eigenvalue weighted by Gasteiger charge is 2.48.